The summed E-state index contributed by atoms with van der Waals surface area (Å²) in [5, 5.41) is 20.7. The van der Waals surface area contributed by atoms with E-state index in [-0.39, 0.29) is 0 Å². The van der Waals surface area contributed by atoms with Gasteiger partial charge >= 0.3 is 0 Å². The Morgan fingerprint density at radius 1 is 0.880 bits per heavy atom. The SMILES string of the molecule is CO[C@@H]1O[C@@H](C)[C@H](O)[C@@H](O)[C@H]1OC(c1ccccc1)c1ccccc1. The molecule has 0 aliphatic carbocycles. The fourth-order valence-corrected chi connectivity index (χ4v) is 3.10. The van der Waals surface area contributed by atoms with Crippen molar-refractivity contribution in [1.82, 2.24) is 0 Å². The van der Waals surface area contributed by atoms with Gasteiger partial charge in [-0.3, -0.25) is 0 Å². The topological polar surface area (TPSA) is 68.2 Å². The molecule has 134 valence electrons. The summed E-state index contributed by atoms with van der Waals surface area (Å²) >= 11 is 0. The van der Waals surface area contributed by atoms with Crippen molar-refractivity contribution < 1.29 is 24.4 Å². The first-order valence-electron chi connectivity index (χ1n) is 8.41. The number of aliphatic hydroxyl groups excluding tert-OH is 2. The number of methoxy groups -OCH3 is 1. The average molecular weight is 344 g/mol. The molecule has 1 fully saturated rings. The van der Waals surface area contributed by atoms with Gasteiger partial charge in [0.25, 0.3) is 0 Å². The van der Waals surface area contributed by atoms with Crippen LogP contribution in [0.5, 0.6) is 0 Å². The monoisotopic (exact) mass is 344 g/mol. The molecule has 25 heavy (non-hydrogen) atoms. The second kappa shape index (κ2) is 8.08. The zero-order valence-electron chi connectivity index (χ0n) is 14.4. The van der Waals surface area contributed by atoms with Crippen LogP contribution in [0.1, 0.15) is 24.2 Å². The lowest BCUT2D eigenvalue weighted by molar-refractivity contribution is -0.301. The normalized spacial score (nSPS) is 29.7. The van der Waals surface area contributed by atoms with Crippen LogP contribution < -0.4 is 0 Å². The molecule has 0 saturated carbocycles. The van der Waals surface area contributed by atoms with Gasteiger partial charge in [-0.25, -0.2) is 0 Å². The molecule has 5 atom stereocenters. The Morgan fingerprint density at radius 3 is 1.88 bits per heavy atom. The highest BCUT2D eigenvalue weighted by Crippen LogP contribution is 2.32. The first-order chi connectivity index (χ1) is 12.1. The van der Waals surface area contributed by atoms with E-state index in [0.717, 1.165) is 11.1 Å². The van der Waals surface area contributed by atoms with Crippen LogP contribution in [0.2, 0.25) is 0 Å². The van der Waals surface area contributed by atoms with Gasteiger partial charge in [-0.05, 0) is 18.1 Å². The van der Waals surface area contributed by atoms with Gasteiger partial charge in [0, 0.05) is 7.11 Å². The van der Waals surface area contributed by atoms with Crippen LogP contribution in [0.3, 0.4) is 0 Å². The molecule has 1 aliphatic heterocycles. The van der Waals surface area contributed by atoms with Crippen LogP contribution in [0.15, 0.2) is 60.7 Å². The quantitative estimate of drug-likeness (QED) is 0.871. The summed E-state index contributed by atoms with van der Waals surface area (Å²) in [5.74, 6) is 0. The molecule has 5 heteroatoms. The minimum absolute atomic E-state index is 0.413. The van der Waals surface area contributed by atoms with Gasteiger partial charge in [-0.2, -0.15) is 0 Å². The lowest BCUT2D eigenvalue weighted by Crippen LogP contribution is -2.58. The van der Waals surface area contributed by atoms with Crippen LogP contribution in [0, 0.1) is 0 Å². The van der Waals surface area contributed by atoms with Gasteiger partial charge in [-0.15, -0.1) is 0 Å². The zero-order valence-corrected chi connectivity index (χ0v) is 14.4. The third kappa shape index (κ3) is 3.92. The largest absolute Gasteiger partial charge is 0.388 e. The molecule has 2 aromatic rings. The zero-order chi connectivity index (χ0) is 17.8. The number of rotatable bonds is 5. The third-order valence-corrected chi connectivity index (χ3v) is 4.51. The molecule has 0 aromatic heterocycles. The van der Waals surface area contributed by atoms with E-state index in [1.54, 1.807) is 6.92 Å². The number of ether oxygens (including phenoxy) is 3. The summed E-state index contributed by atoms with van der Waals surface area (Å²) in [6, 6.07) is 19.5. The Balaban J connectivity index is 1.91. The number of hydrogen-bond acceptors (Lipinski definition) is 5. The molecule has 2 N–H and O–H groups in total. The molecule has 2 aromatic carbocycles. The van der Waals surface area contributed by atoms with E-state index < -0.39 is 36.8 Å². The van der Waals surface area contributed by atoms with E-state index in [1.165, 1.54) is 7.11 Å². The molecule has 0 amide bonds. The Kier molecular flexibility index (Phi) is 5.83. The molecule has 5 nitrogen and oxygen atoms in total. The second-order valence-corrected chi connectivity index (χ2v) is 6.23. The fraction of sp³-hybridized carbons (Fsp3) is 0.400. The molecule has 3 rings (SSSR count). The standard InChI is InChI=1S/C20H24O5/c1-13-16(21)17(22)19(20(23-2)24-13)25-18(14-9-5-3-6-10-14)15-11-7-4-8-12-15/h3-13,16-22H,1-2H3/t13-,16-,17+,19+,20+/m0/s1. The van der Waals surface area contributed by atoms with Crippen LogP contribution in [0.25, 0.3) is 0 Å². The van der Waals surface area contributed by atoms with E-state index >= 15 is 0 Å². The molecule has 0 unspecified atom stereocenters. The van der Waals surface area contributed by atoms with Crippen molar-refractivity contribution in [2.45, 2.75) is 43.7 Å². The highest BCUT2D eigenvalue weighted by Gasteiger charge is 2.45. The summed E-state index contributed by atoms with van der Waals surface area (Å²) in [7, 11) is 1.50. The predicted molar refractivity (Wildman–Crippen MR) is 93.0 cm³/mol. The number of hydrogen-bond donors (Lipinski definition) is 2. The maximum Gasteiger partial charge on any atom is 0.186 e. The molecule has 0 bridgehead atoms. The van der Waals surface area contributed by atoms with E-state index in [4.69, 9.17) is 14.2 Å². The van der Waals surface area contributed by atoms with Crippen molar-refractivity contribution in [3.05, 3.63) is 71.8 Å². The van der Waals surface area contributed by atoms with Gasteiger partial charge in [0.05, 0.1) is 6.10 Å². The van der Waals surface area contributed by atoms with E-state index in [1.807, 2.05) is 60.7 Å². The van der Waals surface area contributed by atoms with Gasteiger partial charge < -0.3 is 24.4 Å². The van der Waals surface area contributed by atoms with Crippen molar-refractivity contribution in [2.75, 3.05) is 7.11 Å². The summed E-state index contributed by atoms with van der Waals surface area (Å²) < 4.78 is 17.2. The lowest BCUT2D eigenvalue weighted by atomic mass is 9.97. The van der Waals surface area contributed by atoms with Crippen LogP contribution in [-0.4, -0.2) is 48.0 Å². The Morgan fingerprint density at radius 2 is 1.40 bits per heavy atom. The molecule has 1 saturated heterocycles. The Hall–Kier alpha value is -1.76. The maximum absolute atomic E-state index is 10.5. The molecule has 0 radical (unpaired) electrons. The van der Waals surface area contributed by atoms with Gasteiger partial charge in [0.15, 0.2) is 6.29 Å². The van der Waals surface area contributed by atoms with Crippen LogP contribution >= 0.6 is 0 Å². The Labute approximate surface area is 147 Å². The smallest absolute Gasteiger partial charge is 0.186 e. The lowest BCUT2D eigenvalue weighted by Gasteiger charge is -2.42. The van der Waals surface area contributed by atoms with Crippen LogP contribution in [0.4, 0.5) is 0 Å². The van der Waals surface area contributed by atoms with E-state index in [0.29, 0.717) is 0 Å². The summed E-state index contributed by atoms with van der Waals surface area (Å²) in [6.45, 7) is 1.70. The van der Waals surface area contributed by atoms with Gasteiger partial charge in [0.2, 0.25) is 0 Å². The van der Waals surface area contributed by atoms with Crippen molar-refractivity contribution in [3.63, 3.8) is 0 Å². The van der Waals surface area contributed by atoms with Crippen molar-refractivity contribution in [3.8, 4) is 0 Å². The summed E-state index contributed by atoms with van der Waals surface area (Å²) in [4.78, 5) is 0. The minimum atomic E-state index is -1.11. The molecular formula is C20H24O5. The van der Waals surface area contributed by atoms with E-state index in [2.05, 4.69) is 0 Å². The summed E-state index contributed by atoms with van der Waals surface area (Å²) in [5.41, 5.74) is 1.90. The predicted octanol–water partition coefficient (Wildman–Crippen LogP) is 2.27. The van der Waals surface area contributed by atoms with Gasteiger partial charge in [-0.1, -0.05) is 60.7 Å². The second-order valence-electron chi connectivity index (χ2n) is 6.23. The molecule has 0 spiro atoms. The van der Waals surface area contributed by atoms with Crippen molar-refractivity contribution >= 4 is 0 Å². The molecule has 1 aliphatic rings. The maximum atomic E-state index is 10.5. The van der Waals surface area contributed by atoms with E-state index in [9.17, 15) is 10.2 Å². The number of aliphatic hydroxyl groups is 2. The average Bonchev–Trinajstić information content (AvgIpc) is 2.66. The fourth-order valence-electron chi connectivity index (χ4n) is 3.10. The highest BCUT2D eigenvalue weighted by atomic mass is 16.7. The first-order valence-corrected chi connectivity index (χ1v) is 8.41. The molecular weight excluding hydrogens is 320 g/mol. The van der Waals surface area contributed by atoms with Crippen LogP contribution in [-0.2, 0) is 14.2 Å². The first kappa shape index (κ1) is 18.0. The highest BCUT2D eigenvalue weighted by molar-refractivity contribution is 5.30. The third-order valence-electron chi connectivity index (χ3n) is 4.51. The van der Waals surface area contributed by atoms with Gasteiger partial charge in [0.1, 0.15) is 24.4 Å². The number of benzene rings is 2. The Bertz CT molecular complexity index is 606. The summed E-state index contributed by atoms with van der Waals surface area (Å²) in [6.07, 6.45) is -4.67. The minimum Gasteiger partial charge on any atom is -0.388 e. The van der Waals surface area contributed by atoms with Crippen molar-refractivity contribution in [2.24, 2.45) is 0 Å². The molecule has 1 heterocycles. The van der Waals surface area contributed by atoms with Crippen molar-refractivity contribution in [1.29, 1.82) is 0 Å².